The summed E-state index contributed by atoms with van der Waals surface area (Å²) in [6.45, 7) is 7.60. The highest BCUT2D eigenvalue weighted by molar-refractivity contribution is 6.01. The Bertz CT molecular complexity index is 597. The molecule has 2 aliphatic rings. The van der Waals surface area contributed by atoms with Crippen LogP contribution in [0, 0.1) is 11.8 Å². The molecule has 0 aromatic heterocycles. The minimum absolute atomic E-state index is 0.108. The summed E-state index contributed by atoms with van der Waals surface area (Å²) in [5, 5.41) is 0. The maximum Gasteiger partial charge on any atom is 0.232 e. The molecule has 0 spiro atoms. The van der Waals surface area contributed by atoms with E-state index in [1.54, 1.807) is 0 Å². The lowest BCUT2D eigenvalue weighted by Gasteiger charge is -2.26. The number of fused-ring (bicyclic) bond motifs is 1. The minimum Gasteiger partial charge on any atom is -0.342 e. The van der Waals surface area contributed by atoms with E-state index in [4.69, 9.17) is 0 Å². The van der Waals surface area contributed by atoms with Gasteiger partial charge >= 0.3 is 0 Å². The molecule has 0 bridgehead atoms. The molecule has 0 saturated carbocycles. The third kappa shape index (κ3) is 2.62. The molecule has 4 heteroatoms. The van der Waals surface area contributed by atoms with Gasteiger partial charge in [0.2, 0.25) is 11.8 Å². The first-order chi connectivity index (χ1) is 10.5. The molecule has 0 aliphatic carbocycles. The van der Waals surface area contributed by atoms with Crippen molar-refractivity contribution in [1.29, 1.82) is 0 Å². The van der Waals surface area contributed by atoms with E-state index in [0.29, 0.717) is 18.9 Å². The lowest BCUT2D eigenvalue weighted by atomic mass is 10.1. The first kappa shape index (κ1) is 15.1. The largest absolute Gasteiger partial charge is 0.342 e. The van der Waals surface area contributed by atoms with Gasteiger partial charge in [0, 0.05) is 31.2 Å². The number of likely N-dealkylation sites (tertiary alicyclic amines) is 1. The number of amides is 2. The molecule has 1 fully saturated rings. The highest BCUT2D eigenvalue weighted by Gasteiger charge is 2.40. The molecule has 1 saturated heterocycles. The van der Waals surface area contributed by atoms with Crippen molar-refractivity contribution in [3.05, 3.63) is 29.8 Å². The number of hydrogen-bond acceptors (Lipinski definition) is 2. The number of para-hydroxylation sites is 1. The third-order valence-corrected chi connectivity index (χ3v) is 4.59. The fourth-order valence-electron chi connectivity index (χ4n) is 3.65. The van der Waals surface area contributed by atoms with Crippen molar-refractivity contribution in [1.82, 2.24) is 4.90 Å². The molecule has 118 valence electrons. The molecule has 1 aromatic rings. The van der Waals surface area contributed by atoms with E-state index >= 15 is 0 Å². The smallest absolute Gasteiger partial charge is 0.232 e. The van der Waals surface area contributed by atoms with Crippen LogP contribution in [-0.4, -0.2) is 35.8 Å². The first-order valence-corrected chi connectivity index (χ1v) is 8.16. The van der Waals surface area contributed by atoms with Crippen molar-refractivity contribution in [3.8, 4) is 0 Å². The number of benzene rings is 1. The third-order valence-electron chi connectivity index (χ3n) is 4.59. The summed E-state index contributed by atoms with van der Waals surface area (Å²) in [5.41, 5.74) is 2.25. The lowest BCUT2D eigenvalue weighted by molar-refractivity contribution is -0.128. The zero-order chi connectivity index (χ0) is 15.9. The van der Waals surface area contributed by atoms with Gasteiger partial charge in [0.25, 0.3) is 0 Å². The molecule has 2 atom stereocenters. The van der Waals surface area contributed by atoms with E-state index in [1.807, 2.05) is 28.0 Å². The van der Waals surface area contributed by atoms with Gasteiger partial charge in [-0.05, 0) is 30.9 Å². The number of hydrogen-bond donors (Lipinski definition) is 0. The van der Waals surface area contributed by atoms with Crippen molar-refractivity contribution >= 4 is 17.5 Å². The SMILES string of the molecule is CC(C)CN1C[C@@H](C(=O)N2c3ccccc3C[C@@H]2C)CC1=O. The van der Waals surface area contributed by atoms with Crippen LogP contribution in [0.1, 0.15) is 32.8 Å². The van der Waals surface area contributed by atoms with E-state index in [1.165, 1.54) is 5.56 Å². The van der Waals surface area contributed by atoms with Crippen LogP contribution in [0.5, 0.6) is 0 Å². The van der Waals surface area contributed by atoms with Crippen LogP contribution in [0.4, 0.5) is 5.69 Å². The number of carbonyl (C=O) groups excluding carboxylic acids is 2. The van der Waals surface area contributed by atoms with Crippen molar-refractivity contribution in [3.63, 3.8) is 0 Å². The Morgan fingerprint density at radius 2 is 2.00 bits per heavy atom. The molecule has 0 unspecified atom stereocenters. The molecule has 22 heavy (non-hydrogen) atoms. The van der Waals surface area contributed by atoms with Crippen LogP contribution in [0.3, 0.4) is 0 Å². The van der Waals surface area contributed by atoms with Crippen LogP contribution in [0.25, 0.3) is 0 Å². The number of rotatable bonds is 3. The molecule has 2 aliphatic heterocycles. The summed E-state index contributed by atoms with van der Waals surface area (Å²) in [7, 11) is 0. The average Bonchev–Trinajstić information content (AvgIpc) is 2.97. The molecular weight excluding hydrogens is 276 g/mol. The van der Waals surface area contributed by atoms with E-state index < -0.39 is 0 Å². The van der Waals surface area contributed by atoms with E-state index in [0.717, 1.165) is 18.7 Å². The first-order valence-electron chi connectivity index (χ1n) is 8.16. The molecule has 2 amide bonds. The number of carbonyl (C=O) groups is 2. The summed E-state index contributed by atoms with van der Waals surface area (Å²) < 4.78 is 0. The van der Waals surface area contributed by atoms with Gasteiger partial charge in [-0.1, -0.05) is 32.0 Å². The predicted molar refractivity (Wildman–Crippen MR) is 86.6 cm³/mol. The molecule has 0 N–H and O–H groups in total. The lowest BCUT2D eigenvalue weighted by Crippen LogP contribution is -2.41. The maximum atomic E-state index is 12.9. The monoisotopic (exact) mass is 300 g/mol. The van der Waals surface area contributed by atoms with Gasteiger partial charge < -0.3 is 9.80 Å². The standard InChI is InChI=1S/C18H24N2O2/c1-12(2)10-19-11-15(9-17(19)21)18(22)20-13(3)8-14-6-4-5-7-16(14)20/h4-7,12-13,15H,8-11H2,1-3H3/t13-,15-/m0/s1. The van der Waals surface area contributed by atoms with Gasteiger partial charge in [0.05, 0.1) is 5.92 Å². The number of anilines is 1. The van der Waals surface area contributed by atoms with E-state index in [2.05, 4.69) is 26.8 Å². The van der Waals surface area contributed by atoms with Gasteiger partial charge in [-0.3, -0.25) is 9.59 Å². The van der Waals surface area contributed by atoms with Crippen LogP contribution >= 0.6 is 0 Å². The second-order valence-electron chi connectivity index (χ2n) is 6.98. The molecule has 0 radical (unpaired) electrons. The fraction of sp³-hybridized carbons (Fsp3) is 0.556. The summed E-state index contributed by atoms with van der Waals surface area (Å²) >= 11 is 0. The number of nitrogens with zero attached hydrogens (tertiary/aromatic N) is 2. The summed E-state index contributed by atoms with van der Waals surface area (Å²) in [6, 6.07) is 8.27. The van der Waals surface area contributed by atoms with Gasteiger partial charge in [-0.25, -0.2) is 0 Å². The fourth-order valence-corrected chi connectivity index (χ4v) is 3.65. The van der Waals surface area contributed by atoms with Crippen LogP contribution in [0.15, 0.2) is 24.3 Å². The van der Waals surface area contributed by atoms with Crippen molar-refractivity contribution in [2.75, 3.05) is 18.0 Å². The Hall–Kier alpha value is -1.84. The van der Waals surface area contributed by atoms with Crippen LogP contribution in [0.2, 0.25) is 0 Å². The van der Waals surface area contributed by atoms with Crippen molar-refractivity contribution in [2.24, 2.45) is 11.8 Å². The second-order valence-corrected chi connectivity index (χ2v) is 6.98. The van der Waals surface area contributed by atoms with Crippen LogP contribution < -0.4 is 4.90 Å². The van der Waals surface area contributed by atoms with Crippen LogP contribution in [-0.2, 0) is 16.0 Å². The topological polar surface area (TPSA) is 40.6 Å². The van der Waals surface area contributed by atoms with Gasteiger partial charge in [0.15, 0.2) is 0 Å². The summed E-state index contributed by atoms with van der Waals surface area (Å²) in [6.07, 6.45) is 1.26. The maximum absolute atomic E-state index is 12.9. The van der Waals surface area contributed by atoms with E-state index in [-0.39, 0.29) is 23.8 Å². The zero-order valence-corrected chi connectivity index (χ0v) is 13.6. The average molecular weight is 300 g/mol. The minimum atomic E-state index is -0.195. The van der Waals surface area contributed by atoms with Crippen molar-refractivity contribution in [2.45, 2.75) is 39.7 Å². The molecule has 4 nitrogen and oxygen atoms in total. The summed E-state index contributed by atoms with van der Waals surface area (Å²) in [5.74, 6) is 0.466. The normalized spacial score (nSPS) is 24.3. The highest BCUT2D eigenvalue weighted by atomic mass is 16.2. The summed E-state index contributed by atoms with van der Waals surface area (Å²) in [4.78, 5) is 28.8. The van der Waals surface area contributed by atoms with Gasteiger partial charge in [-0.15, -0.1) is 0 Å². The Labute approximate surface area is 132 Å². The van der Waals surface area contributed by atoms with Gasteiger partial charge in [0.1, 0.15) is 0 Å². The molecule has 2 heterocycles. The zero-order valence-electron chi connectivity index (χ0n) is 13.6. The molecule has 1 aromatic carbocycles. The molecular formula is C18H24N2O2. The van der Waals surface area contributed by atoms with Crippen molar-refractivity contribution < 1.29 is 9.59 Å². The second kappa shape index (κ2) is 5.75. The van der Waals surface area contributed by atoms with E-state index in [9.17, 15) is 9.59 Å². The Morgan fingerprint density at radius 1 is 1.27 bits per heavy atom. The van der Waals surface area contributed by atoms with Gasteiger partial charge in [-0.2, -0.15) is 0 Å². The Balaban J connectivity index is 1.76. The molecule has 3 rings (SSSR count). The predicted octanol–water partition coefficient (Wildman–Crippen LogP) is 2.47. The Morgan fingerprint density at radius 3 is 2.73 bits per heavy atom. The quantitative estimate of drug-likeness (QED) is 0.860. The highest BCUT2D eigenvalue weighted by Crippen LogP contribution is 2.34. The Kier molecular flexibility index (Phi) is 3.94.